The molecule has 0 bridgehead atoms. The predicted octanol–water partition coefficient (Wildman–Crippen LogP) is 6.07. The van der Waals surface area contributed by atoms with Crippen LogP contribution in [0.2, 0.25) is 0 Å². The monoisotopic (exact) mass is 737 g/mol. The minimum absolute atomic E-state index is 0.0743. The highest BCUT2D eigenvalue weighted by Crippen LogP contribution is 2.40. The number of methoxy groups -OCH3 is 1. The van der Waals surface area contributed by atoms with Gasteiger partial charge < -0.3 is 44.3 Å². The first-order valence-corrected chi connectivity index (χ1v) is 19.3. The van der Waals surface area contributed by atoms with E-state index in [1.807, 2.05) is 27.7 Å². The lowest BCUT2D eigenvalue weighted by Gasteiger charge is -2.43. The van der Waals surface area contributed by atoms with E-state index in [1.165, 1.54) is 0 Å². The first-order chi connectivity index (χ1) is 25.5. The molecule has 0 unspecified atom stereocenters. The molecule has 2 N–H and O–H groups in total. The lowest BCUT2D eigenvalue weighted by atomic mass is 10.0. The molecular weight excluding hydrogens is 678 g/mol. The third-order valence-electron chi connectivity index (χ3n) is 10.0. The Morgan fingerprint density at radius 1 is 1.00 bits per heavy atom. The van der Waals surface area contributed by atoms with E-state index in [9.17, 15) is 14.4 Å². The van der Waals surface area contributed by atoms with Crippen molar-refractivity contribution in [1.29, 1.82) is 0 Å². The zero-order valence-corrected chi connectivity index (χ0v) is 32.4. The summed E-state index contributed by atoms with van der Waals surface area (Å²) in [5.41, 5.74) is 1.35. The molecule has 3 heterocycles. The van der Waals surface area contributed by atoms with Crippen molar-refractivity contribution in [3.63, 3.8) is 0 Å². The van der Waals surface area contributed by atoms with E-state index in [-0.39, 0.29) is 36.1 Å². The number of likely N-dealkylation sites (tertiary alicyclic amines) is 1. The fourth-order valence-corrected chi connectivity index (χ4v) is 7.22. The third kappa shape index (κ3) is 10.7. The summed E-state index contributed by atoms with van der Waals surface area (Å²) in [6, 6.07) is 5.29. The normalized spacial score (nSPS) is 18.3. The Balaban J connectivity index is 1.00. The number of carbonyl (C=O) groups is 3. The summed E-state index contributed by atoms with van der Waals surface area (Å²) in [7, 11) is 3.35. The predicted molar refractivity (Wildman–Crippen MR) is 204 cm³/mol. The van der Waals surface area contributed by atoms with Gasteiger partial charge in [0, 0.05) is 44.9 Å². The van der Waals surface area contributed by atoms with Gasteiger partial charge >= 0.3 is 6.09 Å². The number of unbranched alkanes of at least 4 members (excludes halogenated alkanes) is 2. The van der Waals surface area contributed by atoms with Crippen LogP contribution in [-0.4, -0.2) is 110 Å². The van der Waals surface area contributed by atoms with Gasteiger partial charge in [-0.3, -0.25) is 9.59 Å². The van der Waals surface area contributed by atoms with Crippen LogP contribution in [0.1, 0.15) is 102 Å². The zero-order valence-electron chi connectivity index (χ0n) is 32.4. The molecule has 14 heteroatoms. The third-order valence-corrected chi connectivity index (χ3v) is 10.0. The fourth-order valence-electron chi connectivity index (χ4n) is 7.22. The molecule has 3 amide bonds. The summed E-state index contributed by atoms with van der Waals surface area (Å²) in [4.78, 5) is 53.5. The quantitative estimate of drug-likeness (QED) is 0.194. The number of nitrogens with zero attached hydrogens (tertiary/aromatic N) is 5. The number of hydrogen-bond donors (Lipinski definition) is 2. The fraction of sp³-hybridized carbons (Fsp3) is 0.667. The first kappa shape index (κ1) is 40.0. The highest BCUT2D eigenvalue weighted by molar-refractivity contribution is 6.04. The first-order valence-electron chi connectivity index (χ1n) is 19.3. The van der Waals surface area contributed by atoms with Crippen molar-refractivity contribution in [3.05, 3.63) is 30.0 Å². The Morgan fingerprint density at radius 2 is 1.75 bits per heavy atom. The number of piperidine rings is 1. The van der Waals surface area contributed by atoms with Gasteiger partial charge in [-0.15, -0.1) is 0 Å². The van der Waals surface area contributed by atoms with Crippen LogP contribution in [0.3, 0.4) is 0 Å². The maximum absolute atomic E-state index is 13.2. The largest absolute Gasteiger partial charge is 0.495 e. The number of likely N-dealkylation sites (N-methyl/N-ethyl adjacent to an activating group) is 1. The molecule has 2 fully saturated rings. The average molecular weight is 738 g/mol. The van der Waals surface area contributed by atoms with Crippen molar-refractivity contribution in [3.8, 4) is 5.75 Å². The molecule has 2 aliphatic heterocycles. The smallest absolute Gasteiger partial charge is 0.410 e. The summed E-state index contributed by atoms with van der Waals surface area (Å²) in [5, 5.41) is 6.28. The molecule has 2 aromatic rings. The summed E-state index contributed by atoms with van der Waals surface area (Å²) in [6.07, 6.45) is 10.9. The lowest BCUT2D eigenvalue weighted by Crippen LogP contribution is -2.55. The van der Waals surface area contributed by atoms with E-state index in [4.69, 9.17) is 23.9 Å². The van der Waals surface area contributed by atoms with Crippen molar-refractivity contribution in [2.24, 2.45) is 0 Å². The second-order valence-electron chi connectivity index (χ2n) is 15.1. The number of aromatic nitrogens is 2. The molecule has 53 heavy (non-hydrogen) atoms. The van der Waals surface area contributed by atoms with Crippen LogP contribution < -0.4 is 25.2 Å². The molecule has 1 aromatic carbocycles. The van der Waals surface area contributed by atoms with Crippen molar-refractivity contribution in [2.75, 3.05) is 68.7 Å². The molecule has 3 aliphatic rings. The number of ether oxygens (including phenoxy) is 4. The SMILES string of the molecule is CC[C@@H]1C(=O)N(C)c2cnc(Nc3ccc(C(=O)NCCCCCOCCOC4CCN(C(=O)OC(C)(C)C)CC4)cc3OC)nc2N1C1CCCC1. The Hall–Kier alpha value is -4.17. The average Bonchev–Trinajstić information content (AvgIpc) is 3.68. The van der Waals surface area contributed by atoms with Crippen molar-refractivity contribution >= 4 is 41.0 Å². The number of hydrogen-bond acceptors (Lipinski definition) is 11. The van der Waals surface area contributed by atoms with E-state index >= 15 is 0 Å². The van der Waals surface area contributed by atoms with E-state index < -0.39 is 5.60 Å². The van der Waals surface area contributed by atoms with Crippen LogP contribution in [0.4, 0.5) is 27.9 Å². The molecule has 1 aromatic heterocycles. The molecular formula is C39H59N7O7. The number of nitrogens with one attached hydrogen (secondary N) is 2. The number of amides is 3. The van der Waals surface area contributed by atoms with Crippen LogP contribution in [0.5, 0.6) is 5.75 Å². The number of anilines is 4. The Labute approximate surface area is 314 Å². The summed E-state index contributed by atoms with van der Waals surface area (Å²) in [5.74, 6) is 1.57. The van der Waals surface area contributed by atoms with Gasteiger partial charge in [-0.1, -0.05) is 19.8 Å². The Kier molecular flexibility index (Phi) is 14.1. The van der Waals surface area contributed by atoms with Gasteiger partial charge in [0.2, 0.25) is 11.9 Å². The topological polar surface area (TPSA) is 148 Å². The highest BCUT2D eigenvalue weighted by atomic mass is 16.6. The van der Waals surface area contributed by atoms with E-state index in [2.05, 4.69) is 20.5 Å². The van der Waals surface area contributed by atoms with E-state index in [0.717, 1.165) is 63.6 Å². The standard InChI is InChI=1S/C39H59N7O7/c1-7-31-36(48)44(5)32-26-41-37(43-34(32)46(31)28-13-9-10-14-28)42-30-16-15-27(25-33(30)50-6)35(47)40-19-11-8-12-22-51-23-24-52-29-17-20-45(21-18-29)38(49)53-39(2,3)4/h15-16,25-26,28-29,31H,7-14,17-24H2,1-6H3,(H,40,47)(H,41,42,43)/t31-/m1/s1. The van der Waals surface area contributed by atoms with Crippen LogP contribution in [-0.2, 0) is 19.0 Å². The van der Waals surface area contributed by atoms with Crippen LogP contribution in [0.15, 0.2) is 24.4 Å². The highest BCUT2D eigenvalue weighted by Gasteiger charge is 2.41. The summed E-state index contributed by atoms with van der Waals surface area (Å²) in [6.45, 7) is 11.2. The number of fused-ring (bicyclic) bond motifs is 1. The molecule has 1 atom stereocenters. The molecule has 1 saturated carbocycles. The summed E-state index contributed by atoms with van der Waals surface area (Å²) < 4.78 is 22.8. The van der Waals surface area contributed by atoms with Gasteiger partial charge in [0.1, 0.15) is 23.1 Å². The van der Waals surface area contributed by atoms with Gasteiger partial charge in [-0.05, 0) is 90.3 Å². The molecule has 5 rings (SSSR count). The van der Waals surface area contributed by atoms with Crippen LogP contribution >= 0.6 is 0 Å². The molecule has 292 valence electrons. The Bertz CT molecular complexity index is 1540. The van der Waals surface area contributed by atoms with Crippen LogP contribution in [0, 0.1) is 0 Å². The van der Waals surface area contributed by atoms with Crippen LogP contribution in [0.25, 0.3) is 0 Å². The van der Waals surface area contributed by atoms with Gasteiger partial charge in [0.05, 0.1) is 38.3 Å². The van der Waals surface area contributed by atoms with Gasteiger partial charge in [0.15, 0.2) is 5.82 Å². The van der Waals surface area contributed by atoms with Crippen molar-refractivity contribution < 1.29 is 33.3 Å². The molecule has 1 aliphatic carbocycles. The van der Waals surface area contributed by atoms with Crippen molar-refractivity contribution in [2.45, 2.75) is 116 Å². The van der Waals surface area contributed by atoms with E-state index in [1.54, 1.807) is 48.4 Å². The maximum atomic E-state index is 13.2. The lowest BCUT2D eigenvalue weighted by molar-refractivity contribution is -0.120. The minimum atomic E-state index is -0.488. The maximum Gasteiger partial charge on any atom is 0.410 e. The molecule has 0 radical (unpaired) electrons. The molecule has 1 saturated heterocycles. The Morgan fingerprint density at radius 3 is 2.45 bits per heavy atom. The van der Waals surface area contributed by atoms with Gasteiger partial charge in [0.25, 0.3) is 5.91 Å². The van der Waals surface area contributed by atoms with Crippen molar-refractivity contribution in [1.82, 2.24) is 20.2 Å². The molecule has 0 spiro atoms. The molecule has 14 nitrogen and oxygen atoms in total. The number of carbonyl (C=O) groups excluding carboxylic acids is 3. The number of benzene rings is 1. The minimum Gasteiger partial charge on any atom is -0.495 e. The van der Waals surface area contributed by atoms with Gasteiger partial charge in [-0.25, -0.2) is 9.78 Å². The second kappa shape index (κ2) is 18.7. The summed E-state index contributed by atoms with van der Waals surface area (Å²) >= 11 is 0. The van der Waals surface area contributed by atoms with Gasteiger partial charge in [-0.2, -0.15) is 4.98 Å². The second-order valence-corrected chi connectivity index (χ2v) is 15.1. The number of rotatable bonds is 16. The zero-order chi connectivity index (χ0) is 38.0. The van der Waals surface area contributed by atoms with E-state index in [0.29, 0.717) is 74.5 Å².